The number of rotatable bonds is 6. The van der Waals surface area contributed by atoms with E-state index in [2.05, 4.69) is 31.3 Å². The van der Waals surface area contributed by atoms with Crippen molar-refractivity contribution >= 4 is 5.91 Å². The van der Waals surface area contributed by atoms with E-state index in [0.29, 0.717) is 18.9 Å². The van der Waals surface area contributed by atoms with Crippen molar-refractivity contribution in [3.8, 4) is 0 Å². The van der Waals surface area contributed by atoms with Crippen molar-refractivity contribution in [1.29, 1.82) is 0 Å². The molecule has 19 heavy (non-hydrogen) atoms. The zero-order valence-corrected chi connectivity index (χ0v) is 11.9. The number of hydrogen-bond donors (Lipinski definition) is 2. The lowest BCUT2D eigenvalue weighted by Crippen LogP contribution is -2.53. The van der Waals surface area contributed by atoms with Crippen molar-refractivity contribution in [2.45, 2.75) is 45.1 Å². The van der Waals surface area contributed by atoms with Gasteiger partial charge >= 0.3 is 0 Å². The molecule has 0 spiro atoms. The summed E-state index contributed by atoms with van der Waals surface area (Å²) < 4.78 is 0. The molecule has 2 rings (SSSR count). The molecule has 1 aromatic carbocycles. The Labute approximate surface area is 115 Å². The SMILES string of the molecule is Cc1ccccc1CCC(=O)NC(C)(CN)C1CC1. The number of nitrogens with two attached hydrogens (primary N) is 1. The van der Waals surface area contributed by atoms with Gasteiger partial charge in [0, 0.05) is 13.0 Å². The first-order valence-corrected chi connectivity index (χ1v) is 7.11. The third kappa shape index (κ3) is 3.57. The van der Waals surface area contributed by atoms with Crippen LogP contribution in [0.15, 0.2) is 24.3 Å². The molecule has 1 aromatic rings. The zero-order valence-electron chi connectivity index (χ0n) is 11.9. The molecule has 1 fully saturated rings. The van der Waals surface area contributed by atoms with Crippen molar-refractivity contribution in [3.63, 3.8) is 0 Å². The van der Waals surface area contributed by atoms with Crippen LogP contribution in [0.4, 0.5) is 0 Å². The van der Waals surface area contributed by atoms with Gasteiger partial charge in [0.15, 0.2) is 0 Å². The number of amides is 1. The Morgan fingerprint density at radius 2 is 2.11 bits per heavy atom. The third-order valence-corrected chi connectivity index (χ3v) is 4.21. The molecule has 3 heteroatoms. The van der Waals surface area contributed by atoms with Crippen LogP contribution in [-0.4, -0.2) is 18.0 Å². The molecule has 0 bridgehead atoms. The second-order valence-electron chi connectivity index (χ2n) is 5.87. The summed E-state index contributed by atoms with van der Waals surface area (Å²) in [6.45, 7) is 4.67. The van der Waals surface area contributed by atoms with E-state index in [-0.39, 0.29) is 11.4 Å². The van der Waals surface area contributed by atoms with Gasteiger partial charge in [0.25, 0.3) is 0 Å². The normalized spacial score (nSPS) is 17.8. The molecule has 0 aliphatic heterocycles. The minimum atomic E-state index is -0.206. The Hall–Kier alpha value is -1.35. The van der Waals surface area contributed by atoms with Crippen molar-refractivity contribution < 1.29 is 4.79 Å². The third-order valence-electron chi connectivity index (χ3n) is 4.21. The highest BCUT2D eigenvalue weighted by atomic mass is 16.1. The van der Waals surface area contributed by atoms with Crippen LogP contribution in [-0.2, 0) is 11.2 Å². The molecule has 0 aromatic heterocycles. The van der Waals surface area contributed by atoms with Crippen LogP contribution in [0.2, 0.25) is 0 Å². The highest BCUT2D eigenvalue weighted by Crippen LogP contribution is 2.38. The van der Waals surface area contributed by atoms with Crippen LogP contribution in [0, 0.1) is 12.8 Å². The van der Waals surface area contributed by atoms with E-state index in [0.717, 1.165) is 6.42 Å². The van der Waals surface area contributed by atoms with Crippen LogP contribution in [0.1, 0.15) is 37.3 Å². The van der Waals surface area contributed by atoms with Crippen molar-refractivity contribution in [3.05, 3.63) is 35.4 Å². The molecule has 0 saturated heterocycles. The molecule has 1 aliphatic rings. The molecule has 3 N–H and O–H groups in total. The van der Waals surface area contributed by atoms with Crippen molar-refractivity contribution in [1.82, 2.24) is 5.32 Å². The maximum Gasteiger partial charge on any atom is 0.220 e. The van der Waals surface area contributed by atoms with E-state index in [9.17, 15) is 4.79 Å². The molecule has 1 amide bonds. The summed E-state index contributed by atoms with van der Waals surface area (Å²) >= 11 is 0. The molecular weight excluding hydrogens is 236 g/mol. The minimum absolute atomic E-state index is 0.114. The van der Waals surface area contributed by atoms with Crippen molar-refractivity contribution in [2.75, 3.05) is 6.54 Å². The highest BCUT2D eigenvalue weighted by Gasteiger charge is 2.41. The largest absolute Gasteiger partial charge is 0.349 e. The Morgan fingerprint density at radius 1 is 1.42 bits per heavy atom. The molecule has 3 nitrogen and oxygen atoms in total. The van der Waals surface area contributed by atoms with Gasteiger partial charge in [-0.1, -0.05) is 24.3 Å². The van der Waals surface area contributed by atoms with Gasteiger partial charge in [-0.05, 0) is 50.2 Å². The number of carbonyl (C=O) groups is 1. The van der Waals surface area contributed by atoms with Gasteiger partial charge in [0.1, 0.15) is 0 Å². The predicted octanol–water partition coefficient (Wildman–Crippen LogP) is 2.17. The number of nitrogens with one attached hydrogen (secondary N) is 1. The van der Waals surface area contributed by atoms with Gasteiger partial charge in [-0.15, -0.1) is 0 Å². The summed E-state index contributed by atoms with van der Waals surface area (Å²) in [7, 11) is 0. The van der Waals surface area contributed by atoms with Gasteiger partial charge < -0.3 is 11.1 Å². The molecule has 1 atom stereocenters. The van der Waals surface area contributed by atoms with Gasteiger partial charge in [-0.2, -0.15) is 0 Å². The Morgan fingerprint density at radius 3 is 2.68 bits per heavy atom. The monoisotopic (exact) mass is 260 g/mol. The van der Waals surface area contributed by atoms with Gasteiger partial charge in [-0.3, -0.25) is 4.79 Å². The zero-order chi connectivity index (χ0) is 13.9. The lowest BCUT2D eigenvalue weighted by molar-refractivity contribution is -0.123. The molecule has 1 saturated carbocycles. The van der Waals surface area contributed by atoms with E-state index in [1.807, 2.05) is 12.1 Å². The predicted molar refractivity (Wildman–Crippen MR) is 77.8 cm³/mol. The maximum atomic E-state index is 12.1. The summed E-state index contributed by atoms with van der Waals surface area (Å²) in [5.41, 5.74) is 8.11. The van der Waals surface area contributed by atoms with Gasteiger partial charge in [-0.25, -0.2) is 0 Å². The summed E-state index contributed by atoms with van der Waals surface area (Å²) in [5, 5.41) is 3.13. The average Bonchev–Trinajstić information content (AvgIpc) is 3.22. The fourth-order valence-corrected chi connectivity index (χ4v) is 2.56. The van der Waals surface area contributed by atoms with E-state index in [1.165, 1.54) is 24.0 Å². The summed E-state index contributed by atoms with van der Waals surface area (Å²) in [5.74, 6) is 0.683. The molecule has 1 unspecified atom stereocenters. The number of carbonyl (C=O) groups excluding carboxylic acids is 1. The van der Waals surface area contributed by atoms with Crippen LogP contribution in [0.5, 0.6) is 0 Å². The number of aryl methyl sites for hydroxylation is 2. The molecule has 104 valence electrons. The summed E-state index contributed by atoms with van der Waals surface area (Å²) in [6.07, 6.45) is 3.70. The van der Waals surface area contributed by atoms with Crippen molar-refractivity contribution in [2.24, 2.45) is 11.7 Å². The van der Waals surface area contributed by atoms with Gasteiger partial charge in [0.05, 0.1) is 5.54 Å². The lowest BCUT2D eigenvalue weighted by Gasteiger charge is -2.29. The van der Waals surface area contributed by atoms with E-state index >= 15 is 0 Å². The number of hydrogen-bond acceptors (Lipinski definition) is 2. The second-order valence-corrected chi connectivity index (χ2v) is 5.87. The Bertz CT molecular complexity index is 454. The number of benzene rings is 1. The fraction of sp³-hybridized carbons (Fsp3) is 0.562. The van der Waals surface area contributed by atoms with Gasteiger partial charge in [0.2, 0.25) is 5.91 Å². The molecular formula is C16H24N2O. The lowest BCUT2D eigenvalue weighted by atomic mass is 9.95. The second kappa shape index (κ2) is 5.74. The van der Waals surface area contributed by atoms with Crippen LogP contribution in [0.25, 0.3) is 0 Å². The topological polar surface area (TPSA) is 55.1 Å². The quantitative estimate of drug-likeness (QED) is 0.823. The average molecular weight is 260 g/mol. The van der Waals surface area contributed by atoms with E-state index < -0.39 is 0 Å². The Kier molecular flexibility index (Phi) is 4.25. The van der Waals surface area contributed by atoms with E-state index in [4.69, 9.17) is 5.73 Å². The summed E-state index contributed by atoms with van der Waals surface area (Å²) in [6, 6.07) is 8.22. The first kappa shape index (κ1) is 14.1. The first-order chi connectivity index (χ1) is 9.05. The fourth-order valence-electron chi connectivity index (χ4n) is 2.56. The van der Waals surface area contributed by atoms with Crippen LogP contribution in [0.3, 0.4) is 0 Å². The molecule has 0 radical (unpaired) electrons. The van der Waals surface area contributed by atoms with Crippen LogP contribution >= 0.6 is 0 Å². The molecule has 1 aliphatic carbocycles. The smallest absolute Gasteiger partial charge is 0.220 e. The molecule has 0 heterocycles. The standard InChI is InChI=1S/C16H24N2O/c1-12-5-3-4-6-13(12)7-10-15(19)18-16(2,11-17)14-8-9-14/h3-6,14H,7-11,17H2,1-2H3,(H,18,19). The summed E-state index contributed by atoms with van der Waals surface area (Å²) in [4.78, 5) is 12.1. The minimum Gasteiger partial charge on any atom is -0.349 e. The first-order valence-electron chi connectivity index (χ1n) is 7.11. The van der Waals surface area contributed by atoms with Crippen LogP contribution < -0.4 is 11.1 Å². The van der Waals surface area contributed by atoms with E-state index in [1.54, 1.807) is 0 Å². The maximum absolute atomic E-state index is 12.1. The highest BCUT2D eigenvalue weighted by molar-refractivity contribution is 5.77. The Balaban J connectivity index is 1.86.